The van der Waals surface area contributed by atoms with Crippen molar-refractivity contribution in [2.45, 2.75) is 26.2 Å². The minimum absolute atomic E-state index is 0.473. The molecule has 0 aromatic carbocycles. The van der Waals surface area contributed by atoms with E-state index in [2.05, 4.69) is 32.2 Å². The van der Waals surface area contributed by atoms with Crippen molar-refractivity contribution in [1.82, 2.24) is 25.3 Å². The highest BCUT2D eigenvalue weighted by atomic mass is 16.5. The Bertz CT molecular complexity index is 761. The average Bonchev–Trinajstić information content (AvgIpc) is 3.14. The molecular weight excluding hydrogens is 266 g/mol. The highest BCUT2D eigenvalue weighted by molar-refractivity contribution is 5.59. The van der Waals surface area contributed by atoms with Crippen molar-refractivity contribution >= 4 is 0 Å². The van der Waals surface area contributed by atoms with Crippen molar-refractivity contribution in [3.05, 3.63) is 35.8 Å². The lowest BCUT2D eigenvalue weighted by atomic mass is 9.88. The van der Waals surface area contributed by atoms with E-state index in [1.807, 2.05) is 12.1 Å². The molecule has 21 heavy (non-hydrogen) atoms. The van der Waals surface area contributed by atoms with Crippen LogP contribution in [0.1, 0.15) is 24.6 Å². The number of H-pyrrole nitrogens is 1. The van der Waals surface area contributed by atoms with E-state index in [1.54, 1.807) is 12.4 Å². The van der Waals surface area contributed by atoms with Crippen LogP contribution in [0.3, 0.4) is 0 Å². The number of hydrogen-bond acceptors (Lipinski definition) is 5. The van der Waals surface area contributed by atoms with Gasteiger partial charge >= 0.3 is 0 Å². The number of aromatic nitrogens is 5. The summed E-state index contributed by atoms with van der Waals surface area (Å²) in [6, 6.07) is 3.76. The Morgan fingerprint density at radius 3 is 3.19 bits per heavy atom. The molecule has 0 amide bonds. The molecule has 0 unspecified atom stereocenters. The third-order valence-electron chi connectivity index (χ3n) is 3.94. The van der Waals surface area contributed by atoms with E-state index >= 15 is 0 Å². The van der Waals surface area contributed by atoms with Crippen molar-refractivity contribution in [2.75, 3.05) is 0 Å². The first-order valence-corrected chi connectivity index (χ1v) is 7.12. The van der Waals surface area contributed by atoms with Crippen molar-refractivity contribution in [3.63, 3.8) is 0 Å². The Balaban J connectivity index is 1.72. The molecule has 1 N–H and O–H groups in total. The van der Waals surface area contributed by atoms with Gasteiger partial charge in [0.05, 0.1) is 0 Å². The van der Waals surface area contributed by atoms with Crippen LogP contribution in [0.4, 0.5) is 0 Å². The van der Waals surface area contributed by atoms with Gasteiger partial charge in [-0.2, -0.15) is 10.1 Å². The largest absolute Gasteiger partial charge is 0.332 e. The molecule has 6 nitrogen and oxygen atoms in total. The Morgan fingerprint density at radius 1 is 1.38 bits per heavy atom. The number of nitrogens with one attached hydrogen (secondary N) is 1. The predicted molar refractivity (Wildman–Crippen MR) is 76.3 cm³/mol. The van der Waals surface area contributed by atoms with E-state index in [0.717, 1.165) is 24.1 Å². The molecule has 0 radical (unpaired) electrons. The van der Waals surface area contributed by atoms with Gasteiger partial charge in [0, 0.05) is 29.2 Å². The molecule has 1 atom stereocenters. The zero-order valence-corrected chi connectivity index (χ0v) is 11.7. The first kappa shape index (κ1) is 12.3. The van der Waals surface area contributed by atoms with E-state index in [4.69, 9.17) is 4.52 Å². The highest BCUT2D eigenvalue weighted by Crippen LogP contribution is 2.31. The van der Waals surface area contributed by atoms with Crippen molar-refractivity contribution in [1.29, 1.82) is 0 Å². The molecule has 0 spiro atoms. The van der Waals surface area contributed by atoms with Crippen LogP contribution in [0.25, 0.3) is 23.0 Å². The van der Waals surface area contributed by atoms with Crippen LogP contribution in [0.5, 0.6) is 0 Å². The summed E-state index contributed by atoms with van der Waals surface area (Å²) in [6.07, 6.45) is 6.67. The lowest BCUT2D eigenvalue weighted by molar-refractivity contribution is 0.429. The van der Waals surface area contributed by atoms with Crippen LogP contribution in [-0.2, 0) is 12.8 Å². The van der Waals surface area contributed by atoms with Gasteiger partial charge in [0.2, 0.25) is 5.82 Å². The van der Waals surface area contributed by atoms with Crippen LogP contribution >= 0.6 is 0 Å². The summed E-state index contributed by atoms with van der Waals surface area (Å²) in [5.74, 6) is 1.67. The fraction of sp³-hybridized carbons (Fsp3) is 0.333. The summed E-state index contributed by atoms with van der Waals surface area (Å²) in [7, 11) is 0. The van der Waals surface area contributed by atoms with Gasteiger partial charge in [0.25, 0.3) is 5.89 Å². The Morgan fingerprint density at radius 2 is 2.33 bits per heavy atom. The summed E-state index contributed by atoms with van der Waals surface area (Å²) in [6.45, 7) is 2.26. The molecule has 3 heterocycles. The maximum Gasteiger partial charge on any atom is 0.279 e. The van der Waals surface area contributed by atoms with Crippen LogP contribution in [0.2, 0.25) is 0 Å². The van der Waals surface area contributed by atoms with E-state index in [-0.39, 0.29) is 0 Å². The molecule has 1 aliphatic rings. The molecule has 0 saturated carbocycles. The van der Waals surface area contributed by atoms with E-state index in [9.17, 15) is 0 Å². The average molecular weight is 281 g/mol. The summed E-state index contributed by atoms with van der Waals surface area (Å²) >= 11 is 0. The summed E-state index contributed by atoms with van der Waals surface area (Å²) in [4.78, 5) is 8.53. The van der Waals surface area contributed by atoms with E-state index in [0.29, 0.717) is 17.6 Å². The third-order valence-corrected chi connectivity index (χ3v) is 3.94. The molecule has 4 rings (SSSR count). The molecule has 0 fully saturated rings. The summed E-state index contributed by atoms with van der Waals surface area (Å²) in [5.41, 5.74) is 4.05. The maximum absolute atomic E-state index is 5.39. The molecule has 0 bridgehead atoms. The van der Waals surface area contributed by atoms with Crippen LogP contribution in [0.15, 0.2) is 29.0 Å². The molecule has 6 heteroatoms. The smallest absolute Gasteiger partial charge is 0.279 e. The molecule has 1 aliphatic carbocycles. The van der Waals surface area contributed by atoms with Gasteiger partial charge in [-0.3, -0.25) is 10.1 Å². The molecule has 0 aliphatic heterocycles. The Hall–Kier alpha value is -2.50. The zero-order valence-electron chi connectivity index (χ0n) is 11.7. The van der Waals surface area contributed by atoms with Gasteiger partial charge in [-0.1, -0.05) is 12.1 Å². The third kappa shape index (κ3) is 2.12. The number of hydrogen-bond donors (Lipinski definition) is 1. The Kier molecular flexibility index (Phi) is 2.80. The zero-order chi connectivity index (χ0) is 14.2. The van der Waals surface area contributed by atoms with Gasteiger partial charge in [-0.15, -0.1) is 0 Å². The monoisotopic (exact) mass is 281 g/mol. The van der Waals surface area contributed by atoms with Gasteiger partial charge < -0.3 is 4.52 Å². The second-order valence-corrected chi connectivity index (χ2v) is 5.54. The topological polar surface area (TPSA) is 80.5 Å². The van der Waals surface area contributed by atoms with Crippen LogP contribution in [0, 0.1) is 5.92 Å². The number of fused-ring (bicyclic) bond motifs is 1. The molecule has 106 valence electrons. The lowest BCUT2D eigenvalue weighted by Gasteiger charge is -2.17. The SMILES string of the molecule is C[C@H]1CCc2[nH]nc(-c3nc(-c4cccnc4)no3)c2C1. The van der Waals surface area contributed by atoms with Crippen molar-refractivity contribution < 1.29 is 4.52 Å². The quantitative estimate of drug-likeness (QED) is 0.781. The first-order chi connectivity index (χ1) is 10.3. The van der Waals surface area contributed by atoms with Gasteiger partial charge in [0.15, 0.2) is 5.69 Å². The number of aryl methyl sites for hydroxylation is 1. The minimum atomic E-state index is 0.473. The summed E-state index contributed by atoms with van der Waals surface area (Å²) < 4.78 is 5.39. The van der Waals surface area contributed by atoms with Gasteiger partial charge in [-0.25, -0.2) is 0 Å². The van der Waals surface area contributed by atoms with Crippen LogP contribution in [-0.4, -0.2) is 25.3 Å². The molecular formula is C15H15N5O. The molecule has 3 aromatic rings. The maximum atomic E-state index is 5.39. The highest BCUT2D eigenvalue weighted by Gasteiger charge is 2.25. The fourth-order valence-corrected chi connectivity index (χ4v) is 2.78. The molecule has 3 aromatic heterocycles. The van der Waals surface area contributed by atoms with Crippen molar-refractivity contribution in [2.24, 2.45) is 5.92 Å². The second kappa shape index (κ2) is 4.80. The first-order valence-electron chi connectivity index (χ1n) is 7.12. The summed E-state index contributed by atoms with van der Waals surface area (Å²) in [5, 5.41) is 11.5. The van der Waals surface area contributed by atoms with Gasteiger partial charge in [-0.05, 0) is 37.3 Å². The minimum Gasteiger partial charge on any atom is -0.332 e. The van der Waals surface area contributed by atoms with Gasteiger partial charge in [0.1, 0.15) is 0 Å². The van der Waals surface area contributed by atoms with E-state index < -0.39 is 0 Å². The number of nitrogens with zero attached hydrogens (tertiary/aromatic N) is 4. The standard InChI is InChI=1S/C15H15N5O/c1-9-4-5-12-11(7-9)13(19-18-12)15-17-14(20-21-15)10-3-2-6-16-8-10/h2-3,6,8-9H,4-5,7H2,1H3,(H,18,19)/t9-/m0/s1. The second-order valence-electron chi connectivity index (χ2n) is 5.54. The number of rotatable bonds is 2. The fourth-order valence-electron chi connectivity index (χ4n) is 2.78. The Labute approximate surface area is 121 Å². The molecule has 0 saturated heterocycles. The predicted octanol–water partition coefficient (Wildman–Crippen LogP) is 2.65. The number of pyridine rings is 1. The number of aromatic amines is 1. The van der Waals surface area contributed by atoms with E-state index in [1.165, 1.54) is 17.7 Å². The normalized spacial score (nSPS) is 17.7. The lowest BCUT2D eigenvalue weighted by Crippen LogP contribution is -2.10. The van der Waals surface area contributed by atoms with Crippen molar-refractivity contribution in [3.8, 4) is 23.0 Å². The van der Waals surface area contributed by atoms with Crippen LogP contribution < -0.4 is 0 Å².